The monoisotopic (exact) mass is 165 g/mol. The molecule has 1 aliphatic carbocycles. The van der Waals surface area contributed by atoms with E-state index in [1.807, 2.05) is 0 Å². The minimum atomic E-state index is 0.161. The first kappa shape index (κ1) is 7.99. The van der Waals surface area contributed by atoms with Gasteiger partial charge in [-0.15, -0.1) is 0 Å². The maximum atomic E-state index is 11.3. The third-order valence-corrected chi connectivity index (χ3v) is 3.16. The largest absolute Gasteiger partial charge is 0.298 e. The van der Waals surface area contributed by atoms with Crippen LogP contribution in [0.1, 0.15) is 19.8 Å². The summed E-state index contributed by atoms with van der Waals surface area (Å²) in [6.07, 6.45) is 6.88. The second-order valence-corrected chi connectivity index (χ2v) is 3.91. The van der Waals surface area contributed by atoms with Gasteiger partial charge in [-0.1, -0.05) is 12.2 Å². The van der Waals surface area contributed by atoms with Crippen molar-refractivity contribution < 1.29 is 4.79 Å². The quantitative estimate of drug-likeness (QED) is 0.544. The van der Waals surface area contributed by atoms with E-state index in [0.717, 1.165) is 0 Å². The standard InChI is InChI=1S/C10H15NO/c1-7(12)10-8-3-5-9(6-4-8)11(10)2/h3,5,8-10H,4,6H2,1-2H3. The smallest absolute Gasteiger partial charge is 0.147 e. The maximum Gasteiger partial charge on any atom is 0.147 e. The van der Waals surface area contributed by atoms with Gasteiger partial charge in [0.25, 0.3) is 0 Å². The topological polar surface area (TPSA) is 20.3 Å². The van der Waals surface area contributed by atoms with E-state index in [2.05, 4.69) is 24.1 Å². The number of carbonyl (C=O) groups is 1. The van der Waals surface area contributed by atoms with E-state index >= 15 is 0 Å². The van der Waals surface area contributed by atoms with Gasteiger partial charge in [0.2, 0.25) is 0 Å². The summed E-state index contributed by atoms with van der Waals surface area (Å²) in [5.74, 6) is 0.800. The number of rotatable bonds is 1. The Morgan fingerprint density at radius 1 is 1.42 bits per heavy atom. The zero-order chi connectivity index (χ0) is 8.72. The van der Waals surface area contributed by atoms with Crippen LogP contribution in [-0.2, 0) is 4.79 Å². The number of hydrogen-bond acceptors (Lipinski definition) is 2. The van der Waals surface area contributed by atoms with Crippen LogP contribution in [0.3, 0.4) is 0 Å². The van der Waals surface area contributed by atoms with E-state index in [9.17, 15) is 4.79 Å². The molecule has 3 aliphatic rings. The first-order chi connectivity index (χ1) is 5.70. The lowest BCUT2D eigenvalue weighted by Crippen LogP contribution is -2.53. The summed E-state index contributed by atoms with van der Waals surface area (Å²) in [5.41, 5.74) is 0. The molecule has 0 amide bonds. The van der Waals surface area contributed by atoms with Gasteiger partial charge >= 0.3 is 0 Å². The highest BCUT2D eigenvalue weighted by molar-refractivity contribution is 5.82. The van der Waals surface area contributed by atoms with Gasteiger partial charge < -0.3 is 0 Å². The van der Waals surface area contributed by atoms with E-state index in [1.54, 1.807) is 6.92 Å². The first-order valence-electron chi connectivity index (χ1n) is 4.61. The molecule has 1 fully saturated rings. The average Bonchev–Trinajstić information content (AvgIpc) is 2.05. The number of ketones is 1. The Balaban J connectivity index is 2.26. The molecule has 2 aliphatic heterocycles. The van der Waals surface area contributed by atoms with Crippen molar-refractivity contribution in [2.75, 3.05) is 7.05 Å². The van der Waals surface area contributed by atoms with Crippen molar-refractivity contribution in [2.45, 2.75) is 31.8 Å². The maximum absolute atomic E-state index is 11.3. The molecule has 0 aromatic rings. The number of Topliss-reactive ketones (excluding diaryl/α,β-unsaturated/α-hetero) is 1. The summed E-state index contributed by atoms with van der Waals surface area (Å²) in [6, 6.07) is 0.678. The molecule has 2 nitrogen and oxygen atoms in total. The molecule has 3 rings (SSSR count). The van der Waals surface area contributed by atoms with Crippen LogP contribution < -0.4 is 0 Å². The molecule has 0 aromatic carbocycles. The van der Waals surface area contributed by atoms with Gasteiger partial charge in [-0.2, -0.15) is 0 Å². The predicted octanol–water partition coefficient (Wildman–Crippen LogP) is 1.22. The summed E-state index contributed by atoms with van der Waals surface area (Å²) in [6.45, 7) is 1.70. The fraction of sp³-hybridized carbons (Fsp3) is 0.700. The lowest BCUT2D eigenvalue weighted by atomic mass is 9.79. The van der Waals surface area contributed by atoms with Crippen molar-refractivity contribution >= 4 is 5.78 Å². The Morgan fingerprint density at radius 3 is 2.50 bits per heavy atom. The van der Waals surface area contributed by atoms with Gasteiger partial charge in [0.15, 0.2) is 0 Å². The Morgan fingerprint density at radius 2 is 2.17 bits per heavy atom. The minimum absolute atomic E-state index is 0.161. The summed E-state index contributed by atoms with van der Waals surface area (Å²) in [4.78, 5) is 13.5. The van der Waals surface area contributed by atoms with E-state index < -0.39 is 0 Å². The first-order valence-corrected chi connectivity index (χ1v) is 4.61. The Bertz CT molecular complexity index is 234. The summed E-state index contributed by atoms with van der Waals surface area (Å²) in [5, 5.41) is 0. The Kier molecular flexibility index (Phi) is 1.80. The van der Waals surface area contributed by atoms with Crippen molar-refractivity contribution in [2.24, 2.45) is 5.92 Å². The van der Waals surface area contributed by atoms with Gasteiger partial charge in [-0.05, 0) is 32.7 Å². The van der Waals surface area contributed by atoms with E-state index in [-0.39, 0.29) is 6.04 Å². The van der Waals surface area contributed by atoms with Crippen LogP contribution in [0.15, 0.2) is 12.2 Å². The highest BCUT2D eigenvalue weighted by atomic mass is 16.1. The van der Waals surface area contributed by atoms with Crippen LogP contribution in [0.2, 0.25) is 0 Å². The molecule has 3 atom stereocenters. The third kappa shape index (κ3) is 1.02. The second kappa shape index (κ2) is 2.70. The molecular weight excluding hydrogens is 150 g/mol. The number of nitrogens with zero attached hydrogens (tertiary/aromatic N) is 1. The van der Waals surface area contributed by atoms with Gasteiger partial charge in [-0.25, -0.2) is 0 Å². The summed E-state index contributed by atoms with van der Waals surface area (Å²) < 4.78 is 0. The van der Waals surface area contributed by atoms with Gasteiger partial charge in [-0.3, -0.25) is 9.69 Å². The Labute approximate surface area is 73.2 Å². The average molecular weight is 165 g/mol. The predicted molar refractivity (Wildman–Crippen MR) is 47.9 cm³/mol. The highest BCUT2D eigenvalue weighted by Gasteiger charge is 2.38. The summed E-state index contributed by atoms with van der Waals surface area (Å²) in [7, 11) is 2.06. The molecule has 66 valence electrons. The van der Waals surface area contributed by atoms with Crippen molar-refractivity contribution in [1.82, 2.24) is 4.90 Å². The number of piperidine rings is 1. The molecule has 12 heavy (non-hydrogen) atoms. The number of carbonyl (C=O) groups excluding carboxylic acids is 1. The van der Waals surface area contributed by atoms with Crippen molar-refractivity contribution in [1.29, 1.82) is 0 Å². The lowest BCUT2D eigenvalue weighted by Gasteiger charge is -2.44. The second-order valence-electron chi connectivity index (χ2n) is 3.91. The number of fused-ring (bicyclic) bond motifs is 2. The highest BCUT2D eigenvalue weighted by Crippen LogP contribution is 2.33. The van der Waals surface area contributed by atoms with Gasteiger partial charge in [0, 0.05) is 6.04 Å². The number of likely N-dealkylation sites (N-methyl/N-ethyl adjacent to an activating group) is 1. The molecule has 0 radical (unpaired) electrons. The molecule has 0 aromatic heterocycles. The molecule has 2 bridgehead atoms. The van der Waals surface area contributed by atoms with E-state index in [0.29, 0.717) is 17.7 Å². The molecule has 3 unspecified atom stereocenters. The lowest BCUT2D eigenvalue weighted by molar-refractivity contribution is -0.125. The van der Waals surface area contributed by atoms with E-state index in [4.69, 9.17) is 0 Å². The van der Waals surface area contributed by atoms with Crippen molar-refractivity contribution in [3.63, 3.8) is 0 Å². The third-order valence-electron chi connectivity index (χ3n) is 3.16. The van der Waals surface area contributed by atoms with Crippen LogP contribution in [0, 0.1) is 5.92 Å². The SMILES string of the molecule is CC(=O)C1C2C=CC(CC2)N1C. The van der Waals surface area contributed by atoms with Crippen LogP contribution in [-0.4, -0.2) is 29.8 Å². The molecule has 2 heterocycles. The number of hydrogen-bond donors (Lipinski definition) is 0. The van der Waals surface area contributed by atoms with Crippen LogP contribution in [0.4, 0.5) is 0 Å². The molecule has 2 heteroatoms. The van der Waals surface area contributed by atoms with Gasteiger partial charge in [0.05, 0.1) is 6.04 Å². The van der Waals surface area contributed by atoms with Crippen molar-refractivity contribution in [3.8, 4) is 0 Å². The molecule has 1 saturated heterocycles. The summed E-state index contributed by atoms with van der Waals surface area (Å²) >= 11 is 0. The molecule has 0 spiro atoms. The fourth-order valence-electron chi connectivity index (χ4n) is 2.53. The van der Waals surface area contributed by atoms with Crippen LogP contribution in [0.5, 0.6) is 0 Å². The molecular formula is C10H15NO. The van der Waals surface area contributed by atoms with Crippen LogP contribution >= 0.6 is 0 Å². The Hall–Kier alpha value is -0.630. The van der Waals surface area contributed by atoms with Crippen molar-refractivity contribution in [3.05, 3.63) is 12.2 Å². The minimum Gasteiger partial charge on any atom is -0.298 e. The fourth-order valence-corrected chi connectivity index (χ4v) is 2.53. The normalized spacial score (nSPS) is 40.3. The molecule has 0 N–H and O–H groups in total. The van der Waals surface area contributed by atoms with Crippen LogP contribution in [0.25, 0.3) is 0 Å². The zero-order valence-electron chi connectivity index (χ0n) is 7.66. The zero-order valence-corrected chi connectivity index (χ0v) is 7.66. The molecule has 0 saturated carbocycles. The van der Waals surface area contributed by atoms with E-state index in [1.165, 1.54) is 12.8 Å². The van der Waals surface area contributed by atoms with Gasteiger partial charge in [0.1, 0.15) is 5.78 Å².